The van der Waals surface area contributed by atoms with E-state index in [2.05, 4.69) is 27.2 Å². The first-order valence-corrected chi connectivity index (χ1v) is 13.0. The molecule has 192 valence electrons. The minimum absolute atomic E-state index is 0.0704. The summed E-state index contributed by atoms with van der Waals surface area (Å²) in [4.78, 5) is 17.3. The van der Waals surface area contributed by atoms with E-state index in [1.807, 2.05) is 83.8 Å². The molecule has 3 aromatic carbocycles. The third kappa shape index (κ3) is 5.48. The molecule has 7 nitrogen and oxygen atoms in total. The number of nitrogens with zero attached hydrogens (tertiary/aromatic N) is 3. The first-order valence-electron chi connectivity index (χ1n) is 13.0. The van der Waals surface area contributed by atoms with Crippen LogP contribution in [0, 0.1) is 0 Å². The Bertz CT molecular complexity index is 1450. The van der Waals surface area contributed by atoms with Gasteiger partial charge in [0, 0.05) is 43.5 Å². The Balaban J connectivity index is 0.978. The molecule has 0 spiro atoms. The van der Waals surface area contributed by atoms with E-state index in [0.29, 0.717) is 25.2 Å². The highest BCUT2D eigenvalue weighted by molar-refractivity contribution is 5.95. The quantitative estimate of drug-likeness (QED) is 0.384. The van der Waals surface area contributed by atoms with Crippen LogP contribution in [-0.4, -0.2) is 64.9 Å². The molecular weight excluding hydrogens is 476 g/mol. The van der Waals surface area contributed by atoms with Crippen molar-refractivity contribution in [1.82, 2.24) is 20.0 Å². The van der Waals surface area contributed by atoms with Crippen molar-refractivity contribution in [3.8, 4) is 0 Å². The molecule has 1 fully saturated rings. The van der Waals surface area contributed by atoms with Crippen LogP contribution >= 0.6 is 0 Å². The Hall–Kier alpha value is -4.36. The van der Waals surface area contributed by atoms with Gasteiger partial charge in [0.1, 0.15) is 12.0 Å². The zero-order valence-electron chi connectivity index (χ0n) is 21.1. The smallest absolute Gasteiger partial charge is 0.253 e. The number of amides is 1. The van der Waals surface area contributed by atoms with Crippen LogP contribution in [0.15, 0.2) is 90.9 Å². The first kappa shape index (κ1) is 24.0. The first-order chi connectivity index (χ1) is 18.7. The largest absolute Gasteiger partial charge is 0.459 e. The number of para-hydroxylation sites is 1. The zero-order chi connectivity index (χ0) is 25.7. The number of H-pyrrole nitrogens is 1. The lowest BCUT2D eigenvalue weighted by Crippen LogP contribution is -2.49. The molecule has 4 aromatic rings. The van der Waals surface area contributed by atoms with Crippen molar-refractivity contribution in [2.45, 2.75) is 12.7 Å². The van der Waals surface area contributed by atoms with E-state index in [-0.39, 0.29) is 12.2 Å². The summed E-state index contributed by atoms with van der Waals surface area (Å²) < 4.78 is 11.7. The monoisotopic (exact) mass is 506 g/mol. The van der Waals surface area contributed by atoms with Crippen molar-refractivity contribution < 1.29 is 14.3 Å². The molecule has 1 aromatic heterocycles. The fourth-order valence-electron chi connectivity index (χ4n) is 4.88. The maximum atomic E-state index is 13.1. The molecular formula is C31H30N4O3. The van der Waals surface area contributed by atoms with Crippen LogP contribution in [0.3, 0.4) is 0 Å². The van der Waals surface area contributed by atoms with Crippen molar-refractivity contribution in [3.05, 3.63) is 113 Å². The summed E-state index contributed by atoms with van der Waals surface area (Å²) in [6, 6.07) is 26.0. The van der Waals surface area contributed by atoms with Gasteiger partial charge in [-0.2, -0.15) is 5.10 Å². The maximum Gasteiger partial charge on any atom is 0.253 e. The molecule has 38 heavy (non-hydrogen) atoms. The summed E-state index contributed by atoms with van der Waals surface area (Å²) in [5.41, 5.74) is 4.84. The molecule has 1 N–H and O–H groups in total. The van der Waals surface area contributed by atoms with Crippen LogP contribution in [0.5, 0.6) is 0 Å². The van der Waals surface area contributed by atoms with E-state index in [4.69, 9.17) is 9.47 Å². The lowest BCUT2D eigenvalue weighted by molar-refractivity contribution is -0.0344. The Labute approximate surface area is 222 Å². The summed E-state index contributed by atoms with van der Waals surface area (Å²) in [5.74, 6) is 0.915. The third-order valence-electron chi connectivity index (χ3n) is 7.01. The summed E-state index contributed by atoms with van der Waals surface area (Å²) >= 11 is 0. The highest BCUT2D eigenvalue weighted by atomic mass is 16.7. The molecule has 6 rings (SSSR count). The molecule has 0 saturated carbocycles. The summed E-state index contributed by atoms with van der Waals surface area (Å²) in [5, 5.41) is 8.52. The minimum Gasteiger partial charge on any atom is -0.459 e. The molecule has 0 radical (unpaired) electrons. The Kier molecular flexibility index (Phi) is 6.91. The van der Waals surface area contributed by atoms with Gasteiger partial charge in [0.25, 0.3) is 5.91 Å². The Morgan fingerprint density at radius 2 is 1.68 bits per heavy atom. The van der Waals surface area contributed by atoms with Gasteiger partial charge in [0.2, 0.25) is 6.29 Å². The second kappa shape index (κ2) is 10.9. The predicted molar refractivity (Wildman–Crippen MR) is 148 cm³/mol. The van der Waals surface area contributed by atoms with Gasteiger partial charge in [-0.1, -0.05) is 66.7 Å². The molecule has 0 aliphatic carbocycles. The van der Waals surface area contributed by atoms with Crippen LogP contribution in [0.1, 0.15) is 27.2 Å². The van der Waals surface area contributed by atoms with Gasteiger partial charge in [-0.25, -0.2) is 0 Å². The number of piperazine rings is 1. The summed E-state index contributed by atoms with van der Waals surface area (Å²) in [6.45, 7) is 3.67. The van der Waals surface area contributed by atoms with Crippen LogP contribution in [0.2, 0.25) is 0 Å². The SMILES string of the molecule is O=C(c1ccc(/C=C/c2n[nH]c3ccccc23)cc1)N1CCN(CC2=COC(Cc3ccccc3)O2)CC1. The zero-order valence-corrected chi connectivity index (χ0v) is 21.1. The minimum atomic E-state index is -0.272. The van der Waals surface area contributed by atoms with Gasteiger partial charge >= 0.3 is 0 Å². The van der Waals surface area contributed by atoms with Crippen molar-refractivity contribution in [2.24, 2.45) is 0 Å². The lowest BCUT2D eigenvalue weighted by Gasteiger charge is -2.34. The lowest BCUT2D eigenvalue weighted by atomic mass is 10.1. The molecule has 7 heteroatoms. The molecule has 1 atom stereocenters. The van der Waals surface area contributed by atoms with Gasteiger partial charge < -0.3 is 14.4 Å². The fraction of sp³-hybridized carbons (Fsp3) is 0.226. The fourth-order valence-corrected chi connectivity index (χ4v) is 4.88. The Morgan fingerprint density at radius 3 is 2.50 bits per heavy atom. The number of rotatable bonds is 7. The number of benzene rings is 3. The van der Waals surface area contributed by atoms with Crippen molar-refractivity contribution in [3.63, 3.8) is 0 Å². The molecule has 1 amide bonds. The molecule has 0 bridgehead atoms. The highest BCUT2D eigenvalue weighted by Gasteiger charge is 2.26. The number of fused-ring (bicyclic) bond motifs is 1. The number of hydrogen-bond donors (Lipinski definition) is 1. The standard InChI is InChI=1S/C31H30N4O3/c36-31(25-13-10-23(11-14-25)12-15-29-27-8-4-5-9-28(27)32-33-29)35-18-16-34(17-19-35)21-26-22-37-30(38-26)20-24-6-2-1-3-7-24/h1-15,22,30H,16-21H2,(H,32,33)/b15-12+. The van der Waals surface area contributed by atoms with E-state index < -0.39 is 0 Å². The van der Waals surface area contributed by atoms with E-state index in [9.17, 15) is 4.79 Å². The Morgan fingerprint density at radius 1 is 0.921 bits per heavy atom. The number of ether oxygens (including phenoxy) is 2. The highest BCUT2D eigenvalue weighted by Crippen LogP contribution is 2.21. The van der Waals surface area contributed by atoms with Gasteiger partial charge in [-0.15, -0.1) is 0 Å². The van der Waals surface area contributed by atoms with Crippen molar-refractivity contribution >= 4 is 29.0 Å². The molecule has 1 unspecified atom stereocenters. The summed E-state index contributed by atoms with van der Waals surface area (Å²) in [7, 11) is 0. The van der Waals surface area contributed by atoms with Gasteiger partial charge in [0.15, 0.2) is 0 Å². The van der Waals surface area contributed by atoms with Gasteiger partial charge in [-0.05, 0) is 35.4 Å². The second-order valence-corrected chi connectivity index (χ2v) is 9.64. The average Bonchev–Trinajstić information content (AvgIpc) is 3.59. The number of hydrogen-bond acceptors (Lipinski definition) is 5. The number of nitrogens with one attached hydrogen (secondary N) is 1. The normalized spacial score (nSPS) is 17.9. The topological polar surface area (TPSA) is 70.7 Å². The molecule has 3 heterocycles. The van der Waals surface area contributed by atoms with Crippen LogP contribution < -0.4 is 0 Å². The van der Waals surface area contributed by atoms with Crippen LogP contribution in [0.4, 0.5) is 0 Å². The molecule has 2 aliphatic rings. The maximum absolute atomic E-state index is 13.1. The number of aromatic amines is 1. The molecule has 2 aliphatic heterocycles. The second-order valence-electron chi connectivity index (χ2n) is 9.64. The number of aromatic nitrogens is 2. The van der Waals surface area contributed by atoms with E-state index >= 15 is 0 Å². The predicted octanol–water partition coefficient (Wildman–Crippen LogP) is 4.95. The number of carbonyl (C=O) groups is 1. The van der Waals surface area contributed by atoms with Crippen LogP contribution in [-0.2, 0) is 15.9 Å². The molecule has 1 saturated heterocycles. The van der Waals surface area contributed by atoms with E-state index in [1.165, 1.54) is 5.56 Å². The number of carbonyl (C=O) groups excluding carboxylic acids is 1. The third-order valence-corrected chi connectivity index (χ3v) is 7.01. The van der Waals surface area contributed by atoms with Crippen molar-refractivity contribution in [1.29, 1.82) is 0 Å². The van der Waals surface area contributed by atoms with Gasteiger partial charge in [0.05, 0.1) is 17.8 Å². The van der Waals surface area contributed by atoms with Crippen molar-refractivity contribution in [2.75, 3.05) is 32.7 Å². The van der Waals surface area contributed by atoms with Gasteiger partial charge in [-0.3, -0.25) is 14.8 Å². The average molecular weight is 507 g/mol. The van der Waals surface area contributed by atoms with E-state index in [0.717, 1.165) is 47.4 Å². The summed E-state index contributed by atoms with van der Waals surface area (Å²) in [6.07, 6.45) is 6.19. The van der Waals surface area contributed by atoms with Crippen LogP contribution in [0.25, 0.3) is 23.1 Å². The van der Waals surface area contributed by atoms with E-state index in [1.54, 1.807) is 6.26 Å².